The fourth-order valence-corrected chi connectivity index (χ4v) is 1.66. The van der Waals surface area contributed by atoms with E-state index in [2.05, 4.69) is 0 Å². The molecule has 0 atom stereocenters. The van der Waals surface area contributed by atoms with Gasteiger partial charge in [0.25, 0.3) is 0 Å². The lowest BCUT2D eigenvalue weighted by Crippen LogP contribution is -1.87. The Labute approximate surface area is 82.3 Å². The molecule has 0 aliphatic heterocycles. The van der Waals surface area contributed by atoms with Crippen molar-refractivity contribution in [1.82, 2.24) is 0 Å². The second kappa shape index (κ2) is 3.74. The van der Waals surface area contributed by atoms with Gasteiger partial charge in [0.1, 0.15) is 5.82 Å². The zero-order chi connectivity index (χ0) is 9.97. The van der Waals surface area contributed by atoms with E-state index < -0.39 is 0 Å². The van der Waals surface area contributed by atoms with Crippen LogP contribution < -0.4 is 0 Å². The molecule has 0 fully saturated rings. The minimum atomic E-state index is -0.217. The van der Waals surface area contributed by atoms with Gasteiger partial charge >= 0.3 is 0 Å². The number of carbonyl (C=O) groups is 1. The van der Waals surface area contributed by atoms with Crippen LogP contribution in [0.4, 0.5) is 4.39 Å². The molecule has 0 amide bonds. The molecule has 2 heteroatoms. The number of allylic oxidation sites excluding steroid dienone is 2. The van der Waals surface area contributed by atoms with E-state index in [4.69, 9.17) is 0 Å². The van der Waals surface area contributed by atoms with Crippen LogP contribution in [-0.2, 0) is 11.2 Å². The van der Waals surface area contributed by atoms with E-state index in [0.29, 0.717) is 6.42 Å². The molecule has 0 bridgehead atoms. The van der Waals surface area contributed by atoms with E-state index in [1.807, 2.05) is 0 Å². The van der Waals surface area contributed by atoms with Crippen molar-refractivity contribution in [3.05, 3.63) is 47.3 Å². The summed E-state index contributed by atoms with van der Waals surface area (Å²) in [5.74, 6) is -0.00709. The predicted molar refractivity (Wildman–Crippen MR) is 52.4 cm³/mol. The lowest BCUT2D eigenvalue weighted by atomic mass is 10.1. The van der Waals surface area contributed by atoms with Crippen molar-refractivity contribution < 1.29 is 9.18 Å². The molecular weight excluding hydrogens is 179 g/mol. The Morgan fingerprint density at radius 1 is 1.14 bits per heavy atom. The largest absolute Gasteiger partial charge is 0.295 e. The summed E-state index contributed by atoms with van der Waals surface area (Å²) >= 11 is 0. The fraction of sp³-hybridized carbons (Fsp3) is 0.250. The second-order valence-corrected chi connectivity index (χ2v) is 3.57. The highest BCUT2D eigenvalue weighted by Crippen LogP contribution is 2.19. The van der Waals surface area contributed by atoms with Crippen molar-refractivity contribution in [2.45, 2.75) is 19.3 Å². The Balaban J connectivity index is 2.08. The van der Waals surface area contributed by atoms with E-state index in [1.54, 1.807) is 18.2 Å². The van der Waals surface area contributed by atoms with Crippen LogP contribution in [0, 0.1) is 5.82 Å². The molecule has 0 saturated heterocycles. The summed E-state index contributed by atoms with van der Waals surface area (Å²) in [5, 5.41) is 0. The Kier molecular flexibility index (Phi) is 2.44. The average Bonchev–Trinajstić information content (AvgIpc) is 2.56. The highest BCUT2D eigenvalue weighted by Gasteiger charge is 2.11. The van der Waals surface area contributed by atoms with Crippen molar-refractivity contribution >= 4 is 5.78 Å². The van der Waals surface area contributed by atoms with Crippen molar-refractivity contribution in [2.75, 3.05) is 0 Å². The first-order valence-corrected chi connectivity index (χ1v) is 4.71. The van der Waals surface area contributed by atoms with Gasteiger partial charge in [-0.05, 0) is 36.6 Å². The topological polar surface area (TPSA) is 17.1 Å². The number of ketones is 1. The Hall–Kier alpha value is -1.44. The highest BCUT2D eigenvalue weighted by molar-refractivity contribution is 5.93. The molecule has 0 aromatic heterocycles. The molecule has 0 N–H and O–H groups in total. The minimum Gasteiger partial charge on any atom is -0.295 e. The van der Waals surface area contributed by atoms with E-state index in [1.165, 1.54) is 12.1 Å². The van der Waals surface area contributed by atoms with Gasteiger partial charge < -0.3 is 0 Å². The second-order valence-electron chi connectivity index (χ2n) is 3.57. The predicted octanol–water partition coefficient (Wildman–Crippen LogP) is 2.66. The summed E-state index contributed by atoms with van der Waals surface area (Å²) in [6.45, 7) is 0. The molecule has 0 unspecified atom stereocenters. The molecule has 0 heterocycles. The molecule has 0 saturated carbocycles. The standard InChI is InChI=1S/C12H11FO/c13-11-4-1-9(2-5-11)7-10-3-6-12(14)8-10/h1-2,4-5,8H,3,6-7H2. The van der Waals surface area contributed by atoms with Crippen LogP contribution in [0.3, 0.4) is 0 Å². The van der Waals surface area contributed by atoms with Crippen LogP contribution in [0.25, 0.3) is 0 Å². The SMILES string of the molecule is O=C1C=C(Cc2ccc(F)cc2)CC1. The van der Waals surface area contributed by atoms with Crippen LogP contribution in [0.15, 0.2) is 35.9 Å². The first-order chi connectivity index (χ1) is 6.74. The molecular formula is C12H11FO. The number of hydrogen-bond donors (Lipinski definition) is 0. The lowest BCUT2D eigenvalue weighted by Gasteiger charge is -2.00. The van der Waals surface area contributed by atoms with Crippen molar-refractivity contribution in [3.63, 3.8) is 0 Å². The van der Waals surface area contributed by atoms with Gasteiger partial charge in [-0.1, -0.05) is 17.7 Å². The van der Waals surface area contributed by atoms with Gasteiger partial charge in [0.05, 0.1) is 0 Å². The summed E-state index contributed by atoms with van der Waals surface area (Å²) < 4.78 is 12.6. The van der Waals surface area contributed by atoms with Crippen LogP contribution >= 0.6 is 0 Å². The summed E-state index contributed by atoms with van der Waals surface area (Å²) in [6.07, 6.45) is 3.97. The third kappa shape index (κ3) is 2.08. The Morgan fingerprint density at radius 3 is 2.43 bits per heavy atom. The molecule has 72 valence electrons. The number of hydrogen-bond acceptors (Lipinski definition) is 1. The molecule has 0 spiro atoms. The van der Waals surface area contributed by atoms with Crippen LogP contribution in [0.5, 0.6) is 0 Å². The molecule has 1 aromatic carbocycles. The third-order valence-corrected chi connectivity index (χ3v) is 2.40. The molecule has 1 aliphatic rings. The van der Waals surface area contributed by atoms with Gasteiger partial charge in [0.15, 0.2) is 5.78 Å². The van der Waals surface area contributed by atoms with Gasteiger partial charge in [-0.3, -0.25) is 4.79 Å². The number of rotatable bonds is 2. The van der Waals surface area contributed by atoms with Gasteiger partial charge in [-0.25, -0.2) is 4.39 Å². The summed E-state index contributed by atoms with van der Waals surface area (Å²) in [6, 6.07) is 6.43. The van der Waals surface area contributed by atoms with Crippen LogP contribution in [0.2, 0.25) is 0 Å². The lowest BCUT2D eigenvalue weighted by molar-refractivity contribution is -0.114. The van der Waals surface area contributed by atoms with Crippen LogP contribution in [-0.4, -0.2) is 5.78 Å². The summed E-state index contributed by atoms with van der Waals surface area (Å²) in [5.41, 5.74) is 2.22. The molecule has 0 radical (unpaired) electrons. The van der Waals surface area contributed by atoms with Crippen molar-refractivity contribution in [1.29, 1.82) is 0 Å². The highest BCUT2D eigenvalue weighted by atomic mass is 19.1. The average molecular weight is 190 g/mol. The Bertz CT molecular complexity index is 376. The fourth-order valence-electron chi connectivity index (χ4n) is 1.66. The minimum absolute atomic E-state index is 0.210. The maximum Gasteiger partial charge on any atom is 0.155 e. The van der Waals surface area contributed by atoms with Gasteiger partial charge in [0.2, 0.25) is 0 Å². The van der Waals surface area contributed by atoms with Gasteiger partial charge in [-0.15, -0.1) is 0 Å². The maximum atomic E-state index is 12.6. The number of carbonyl (C=O) groups excluding carboxylic acids is 1. The maximum absolute atomic E-state index is 12.6. The normalized spacial score (nSPS) is 15.8. The van der Waals surface area contributed by atoms with Gasteiger partial charge in [0, 0.05) is 6.42 Å². The molecule has 1 nitrogen and oxygen atoms in total. The molecule has 2 rings (SSSR count). The van der Waals surface area contributed by atoms with E-state index in [9.17, 15) is 9.18 Å². The number of halogens is 1. The van der Waals surface area contributed by atoms with E-state index >= 15 is 0 Å². The van der Waals surface area contributed by atoms with E-state index in [-0.39, 0.29) is 11.6 Å². The quantitative estimate of drug-likeness (QED) is 0.700. The third-order valence-electron chi connectivity index (χ3n) is 2.40. The van der Waals surface area contributed by atoms with Crippen molar-refractivity contribution in [3.8, 4) is 0 Å². The number of benzene rings is 1. The molecule has 1 aromatic rings. The molecule has 14 heavy (non-hydrogen) atoms. The Morgan fingerprint density at radius 2 is 1.86 bits per heavy atom. The first kappa shape index (κ1) is 9.13. The molecule has 1 aliphatic carbocycles. The first-order valence-electron chi connectivity index (χ1n) is 4.71. The monoisotopic (exact) mass is 190 g/mol. The summed E-state index contributed by atoms with van der Waals surface area (Å²) in [7, 11) is 0. The zero-order valence-electron chi connectivity index (χ0n) is 7.79. The summed E-state index contributed by atoms with van der Waals surface area (Å²) in [4.78, 5) is 11.0. The van der Waals surface area contributed by atoms with Gasteiger partial charge in [-0.2, -0.15) is 0 Å². The zero-order valence-corrected chi connectivity index (χ0v) is 7.79. The van der Waals surface area contributed by atoms with E-state index in [0.717, 1.165) is 24.0 Å². The van der Waals surface area contributed by atoms with Crippen LogP contribution in [0.1, 0.15) is 18.4 Å². The van der Waals surface area contributed by atoms with Crippen molar-refractivity contribution in [2.24, 2.45) is 0 Å². The smallest absolute Gasteiger partial charge is 0.155 e.